The number of rotatable bonds is 7. The third kappa shape index (κ3) is 5.38. The summed E-state index contributed by atoms with van der Waals surface area (Å²) in [6.45, 7) is 2.16. The molecule has 0 unspecified atom stereocenters. The van der Waals surface area contributed by atoms with Crippen molar-refractivity contribution < 1.29 is 19.1 Å². The van der Waals surface area contributed by atoms with E-state index in [-0.39, 0.29) is 18.2 Å². The second-order valence-corrected chi connectivity index (χ2v) is 8.08. The monoisotopic (exact) mass is 445 g/mol. The zero-order valence-electron chi connectivity index (χ0n) is 18.5. The number of nitrogens with zero attached hydrogens (tertiary/aromatic N) is 1. The molecule has 1 saturated heterocycles. The Morgan fingerprint density at radius 2 is 1.82 bits per heavy atom. The number of esters is 1. The standard InChI is InChI=1S/C26H27N3O4/c1-33-26(32)20-11-9-18(10-12-20)16-28-24(30)15-23-25(31)27-13-14-29(23)17-21-7-4-6-19-5-2-3-8-22(19)21/h2-12,23H,13-17H2,1H3,(H,27,31)(H,28,30)/t23-/m1/s1. The van der Waals surface area contributed by atoms with Crippen LogP contribution in [-0.4, -0.2) is 48.9 Å². The minimum absolute atomic E-state index is 0.0802. The van der Waals surface area contributed by atoms with Gasteiger partial charge in [0.05, 0.1) is 25.1 Å². The minimum Gasteiger partial charge on any atom is -0.465 e. The highest BCUT2D eigenvalue weighted by atomic mass is 16.5. The van der Waals surface area contributed by atoms with Crippen molar-refractivity contribution in [1.82, 2.24) is 15.5 Å². The number of fused-ring (bicyclic) bond motifs is 1. The SMILES string of the molecule is COC(=O)c1ccc(CNC(=O)C[C@@H]2C(=O)NCCN2Cc2cccc3ccccc23)cc1. The van der Waals surface area contributed by atoms with E-state index in [1.165, 1.54) is 7.11 Å². The molecule has 4 rings (SSSR count). The molecule has 0 spiro atoms. The van der Waals surface area contributed by atoms with Crippen LogP contribution in [0.15, 0.2) is 66.7 Å². The van der Waals surface area contributed by atoms with Gasteiger partial charge in [0.15, 0.2) is 0 Å². The van der Waals surface area contributed by atoms with Crippen molar-refractivity contribution in [1.29, 1.82) is 0 Å². The summed E-state index contributed by atoms with van der Waals surface area (Å²) in [7, 11) is 1.33. The van der Waals surface area contributed by atoms with Crippen molar-refractivity contribution in [2.75, 3.05) is 20.2 Å². The van der Waals surface area contributed by atoms with Gasteiger partial charge in [-0.15, -0.1) is 0 Å². The van der Waals surface area contributed by atoms with Crippen LogP contribution in [-0.2, 0) is 27.4 Å². The zero-order chi connectivity index (χ0) is 23.2. The topological polar surface area (TPSA) is 87.7 Å². The van der Waals surface area contributed by atoms with Gasteiger partial charge in [0.1, 0.15) is 0 Å². The van der Waals surface area contributed by atoms with Gasteiger partial charge >= 0.3 is 5.97 Å². The first kappa shape index (κ1) is 22.5. The molecule has 1 fully saturated rings. The maximum Gasteiger partial charge on any atom is 0.337 e. The number of carbonyl (C=O) groups is 3. The van der Waals surface area contributed by atoms with Crippen LogP contribution in [0.5, 0.6) is 0 Å². The predicted molar refractivity (Wildman–Crippen MR) is 125 cm³/mol. The lowest BCUT2D eigenvalue weighted by molar-refractivity contribution is -0.134. The Kier molecular flexibility index (Phi) is 7.00. The van der Waals surface area contributed by atoms with E-state index in [9.17, 15) is 14.4 Å². The first-order chi connectivity index (χ1) is 16.0. The average Bonchev–Trinajstić information content (AvgIpc) is 2.85. The number of hydrogen-bond acceptors (Lipinski definition) is 5. The Balaban J connectivity index is 1.40. The van der Waals surface area contributed by atoms with Gasteiger partial charge < -0.3 is 15.4 Å². The molecule has 1 heterocycles. The molecule has 7 nitrogen and oxygen atoms in total. The van der Waals surface area contributed by atoms with Crippen molar-refractivity contribution in [3.63, 3.8) is 0 Å². The first-order valence-corrected chi connectivity index (χ1v) is 11.0. The van der Waals surface area contributed by atoms with Crippen molar-refractivity contribution in [2.24, 2.45) is 0 Å². The third-order valence-electron chi connectivity index (χ3n) is 5.94. The highest BCUT2D eigenvalue weighted by molar-refractivity contribution is 5.90. The van der Waals surface area contributed by atoms with E-state index < -0.39 is 12.0 Å². The number of nitrogens with one attached hydrogen (secondary N) is 2. The Labute approximate surface area is 192 Å². The number of ether oxygens (including phenoxy) is 1. The summed E-state index contributed by atoms with van der Waals surface area (Å²) in [5.74, 6) is -0.726. The summed E-state index contributed by atoms with van der Waals surface area (Å²) in [6, 6.07) is 20.7. The fraction of sp³-hybridized carbons (Fsp3) is 0.269. The molecule has 0 bridgehead atoms. The number of methoxy groups -OCH3 is 1. The van der Waals surface area contributed by atoms with Crippen LogP contribution in [0.4, 0.5) is 0 Å². The highest BCUT2D eigenvalue weighted by Crippen LogP contribution is 2.22. The maximum absolute atomic E-state index is 12.7. The lowest BCUT2D eigenvalue weighted by atomic mass is 10.0. The Hall–Kier alpha value is -3.71. The number of piperazine rings is 1. The summed E-state index contributed by atoms with van der Waals surface area (Å²) < 4.78 is 4.69. The lowest BCUT2D eigenvalue weighted by Gasteiger charge is -2.35. The third-order valence-corrected chi connectivity index (χ3v) is 5.94. The van der Waals surface area contributed by atoms with E-state index in [1.807, 2.05) is 18.2 Å². The molecule has 2 amide bonds. The molecule has 3 aromatic rings. The molecule has 33 heavy (non-hydrogen) atoms. The fourth-order valence-electron chi connectivity index (χ4n) is 4.15. The van der Waals surface area contributed by atoms with Crippen LogP contribution in [0.1, 0.15) is 27.9 Å². The second kappa shape index (κ2) is 10.3. The summed E-state index contributed by atoms with van der Waals surface area (Å²) in [4.78, 5) is 38.9. The molecular weight excluding hydrogens is 418 g/mol. The molecule has 3 aromatic carbocycles. The normalized spacial score (nSPS) is 16.3. The van der Waals surface area contributed by atoms with Gasteiger partial charge in [-0.1, -0.05) is 54.6 Å². The summed E-state index contributed by atoms with van der Waals surface area (Å²) in [5, 5.41) is 8.08. The van der Waals surface area contributed by atoms with Crippen molar-refractivity contribution in [2.45, 2.75) is 25.6 Å². The average molecular weight is 446 g/mol. The number of carbonyl (C=O) groups excluding carboxylic acids is 3. The van der Waals surface area contributed by atoms with E-state index in [0.29, 0.717) is 31.7 Å². The molecule has 0 radical (unpaired) electrons. The quantitative estimate of drug-likeness (QED) is 0.546. The van der Waals surface area contributed by atoms with Crippen molar-refractivity contribution in [3.8, 4) is 0 Å². The van der Waals surface area contributed by atoms with Gasteiger partial charge in [0.2, 0.25) is 11.8 Å². The van der Waals surface area contributed by atoms with Crippen molar-refractivity contribution >= 4 is 28.6 Å². The summed E-state index contributed by atoms with van der Waals surface area (Å²) in [6.07, 6.45) is 0.0802. The molecule has 1 aliphatic heterocycles. The number of benzene rings is 3. The van der Waals surface area contributed by atoms with Crippen LogP contribution in [0.25, 0.3) is 10.8 Å². The fourth-order valence-corrected chi connectivity index (χ4v) is 4.15. The smallest absolute Gasteiger partial charge is 0.337 e. The van der Waals surface area contributed by atoms with Gasteiger partial charge in [0.25, 0.3) is 0 Å². The molecule has 0 aliphatic carbocycles. The number of amides is 2. The largest absolute Gasteiger partial charge is 0.465 e. The Bertz CT molecular complexity index is 1150. The molecule has 0 aromatic heterocycles. The van der Waals surface area contributed by atoms with E-state index in [4.69, 9.17) is 4.74 Å². The molecule has 1 atom stereocenters. The Morgan fingerprint density at radius 3 is 2.61 bits per heavy atom. The van der Waals surface area contributed by atoms with Gasteiger partial charge in [-0.3, -0.25) is 14.5 Å². The maximum atomic E-state index is 12.7. The summed E-state index contributed by atoms with van der Waals surface area (Å²) in [5.41, 5.74) is 2.45. The van der Waals surface area contributed by atoms with E-state index in [0.717, 1.165) is 21.9 Å². The van der Waals surface area contributed by atoms with E-state index >= 15 is 0 Å². The van der Waals surface area contributed by atoms with Crippen LogP contribution in [0, 0.1) is 0 Å². The van der Waals surface area contributed by atoms with Gasteiger partial charge in [-0.05, 0) is 34.0 Å². The van der Waals surface area contributed by atoms with E-state index in [1.54, 1.807) is 24.3 Å². The summed E-state index contributed by atoms with van der Waals surface area (Å²) >= 11 is 0. The molecule has 0 saturated carbocycles. The first-order valence-electron chi connectivity index (χ1n) is 11.0. The highest BCUT2D eigenvalue weighted by Gasteiger charge is 2.31. The lowest BCUT2D eigenvalue weighted by Crippen LogP contribution is -2.56. The zero-order valence-corrected chi connectivity index (χ0v) is 18.5. The predicted octanol–water partition coefficient (Wildman–Crippen LogP) is 2.63. The van der Waals surface area contributed by atoms with Crippen molar-refractivity contribution in [3.05, 3.63) is 83.4 Å². The molecule has 2 N–H and O–H groups in total. The minimum atomic E-state index is -0.528. The molecule has 7 heteroatoms. The Morgan fingerprint density at radius 1 is 1.06 bits per heavy atom. The molecule has 170 valence electrons. The van der Waals surface area contributed by atoms with Crippen LogP contribution in [0.3, 0.4) is 0 Å². The van der Waals surface area contributed by atoms with Crippen LogP contribution in [0.2, 0.25) is 0 Å². The second-order valence-electron chi connectivity index (χ2n) is 8.08. The number of hydrogen-bond donors (Lipinski definition) is 2. The van der Waals surface area contributed by atoms with Crippen LogP contribution >= 0.6 is 0 Å². The van der Waals surface area contributed by atoms with E-state index in [2.05, 4.69) is 39.8 Å². The molecule has 1 aliphatic rings. The van der Waals surface area contributed by atoms with Crippen LogP contribution < -0.4 is 10.6 Å². The van der Waals surface area contributed by atoms with Gasteiger partial charge in [0, 0.05) is 26.2 Å². The van der Waals surface area contributed by atoms with Gasteiger partial charge in [-0.25, -0.2) is 4.79 Å². The molecular formula is C26H27N3O4. The van der Waals surface area contributed by atoms with Gasteiger partial charge in [-0.2, -0.15) is 0 Å².